The summed E-state index contributed by atoms with van der Waals surface area (Å²) in [6.45, 7) is 3.66. The number of carboxylic acids is 1. The molecule has 0 saturated heterocycles. The first-order chi connectivity index (χ1) is 8.13. The molecule has 5 heteroatoms. The van der Waals surface area contributed by atoms with Gasteiger partial charge in [-0.15, -0.1) is 6.58 Å². The summed E-state index contributed by atoms with van der Waals surface area (Å²) in [4.78, 5) is 15.3. The van der Waals surface area contributed by atoms with E-state index in [1.807, 2.05) is 17.7 Å². The quantitative estimate of drug-likeness (QED) is 0.667. The fraction of sp³-hybridized carbons (Fsp3) is 0.167. The summed E-state index contributed by atoms with van der Waals surface area (Å²) in [6.07, 6.45) is 1.81. The first kappa shape index (κ1) is 11.7. The number of aromatic carboxylic acids is 1. The second-order valence-corrected chi connectivity index (χ2v) is 4.55. The summed E-state index contributed by atoms with van der Waals surface area (Å²) < 4.78 is 1.95. The Morgan fingerprint density at radius 3 is 3.06 bits per heavy atom. The van der Waals surface area contributed by atoms with Crippen LogP contribution in [0.3, 0.4) is 0 Å². The standard InChI is InChI=1S/C12H12N2O2S/c1-3-6-17-12-13-9-7-8(11(15)16)4-5-10(9)14(12)2/h3-5,7H,1,6H2,2H3,(H,15,16). The number of thioether (sulfide) groups is 1. The van der Waals surface area contributed by atoms with Crippen LogP contribution >= 0.6 is 11.8 Å². The number of hydrogen-bond acceptors (Lipinski definition) is 3. The monoisotopic (exact) mass is 248 g/mol. The number of rotatable bonds is 4. The Labute approximate surface area is 103 Å². The van der Waals surface area contributed by atoms with Crippen molar-refractivity contribution < 1.29 is 9.90 Å². The van der Waals surface area contributed by atoms with Crippen LogP contribution < -0.4 is 0 Å². The summed E-state index contributed by atoms with van der Waals surface area (Å²) in [5, 5.41) is 9.77. The highest BCUT2D eigenvalue weighted by atomic mass is 32.2. The molecule has 0 aliphatic rings. The van der Waals surface area contributed by atoms with Gasteiger partial charge in [0.15, 0.2) is 5.16 Å². The van der Waals surface area contributed by atoms with Crippen LogP contribution in [-0.4, -0.2) is 26.4 Å². The van der Waals surface area contributed by atoms with Crippen molar-refractivity contribution in [3.05, 3.63) is 36.4 Å². The molecule has 0 atom stereocenters. The van der Waals surface area contributed by atoms with E-state index in [-0.39, 0.29) is 5.56 Å². The lowest BCUT2D eigenvalue weighted by Crippen LogP contribution is -1.95. The van der Waals surface area contributed by atoms with Gasteiger partial charge in [0.1, 0.15) is 0 Å². The molecule has 1 aromatic carbocycles. The molecule has 0 bridgehead atoms. The van der Waals surface area contributed by atoms with E-state index in [1.165, 1.54) is 0 Å². The Hall–Kier alpha value is -1.75. The molecule has 0 fully saturated rings. The van der Waals surface area contributed by atoms with Crippen LogP contribution in [0.25, 0.3) is 11.0 Å². The number of imidazole rings is 1. The minimum atomic E-state index is -0.933. The summed E-state index contributed by atoms with van der Waals surface area (Å²) in [7, 11) is 1.92. The van der Waals surface area contributed by atoms with Crippen LogP contribution in [0.5, 0.6) is 0 Å². The SMILES string of the molecule is C=CCSc1nc2cc(C(=O)O)ccc2n1C. The second-order valence-electron chi connectivity index (χ2n) is 3.56. The molecule has 2 rings (SSSR count). The maximum absolute atomic E-state index is 10.9. The van der Waals surface area contributed by atoms with Gasteiger partial charge >= 0.3 is 5.97 Å². The normalized spacial score (nSPS) is 10.6. The number of benzene rings is 1. The lowest BCUT2D eigenvalue weighted by atomic mass is 10.2. The number of aromatic nitrogens is 2. The third-order valence-electron chi connectivity index (χ3n) is 2.42. The zero-order valence-corrected chi connectivity index (χ0v) is 10.2. The predicted molar refractivity (Wildman–Crippen MR) is 68.6 cm³/mol. The number of nitrogens with zero attached hydrogens (tertiary/aromatic N) is 2. The maximum atomic E-state index is 10.9. The zero-order valence-electron chi connectivity index (χ0n) is 9.38. The van der Waals surface area contributed by atoms with E-state index < -0.39 is 5.97 Å². The van der Waals surface area contributed by atoms with E-state index in [9.17, 15) is 4.79 Å². The van der Waals surface area contributed by atoms with Gasteiger partial charge in [-0.1, -0.05) is 17.8 Å². The molecular formula is C12H12N2O2S. The lowest BCUT2D eigenvalue weighted by molar-refractivity contribution is 0.0697. The maximum Gasteiger partial charge on any atom is 0.335 e. The molecule has 0 spiro atoms. The van der Waals surface area contributed by atoms with E-state index in [2.05, 4.69) is 11.6 Å². The molecule has 88 valence electrons. The Morgan fingerprint density at radius 2 is 2.41 bits per heavy atom. The van der Waals surface area contributed by atoms with Crippen molar-refractivity contribution >= 4 is 28.8 Å². The van der Waals surface area contributed by atoms with Crippen LogP contribution in [0.1, 0.15) is 10.4 Å². The van der Waals surface area contributed by atoms with E-state index >= 15 is 0 Å². The van der Waals surface area contributed by atoms with Gasteiger partial charge in [0, 0.05) is 12.8 Å². The average molecular weight is 248 g/mol. The molecule has 1 aromatic heterocycles. The van der Waals surface area contributed by atoms with Crippen LogP contribution in [0, 0.1) is 0 Å². The fourth-order valence-electron chi connectivity index (χ4n) is 1.57. The third kappa shape index (κ3) is 2.19. The molecule has 0 unspecified atom stereocenters. The Bertz CT molecular complexity index is 589. The van der Waals surface area contributed by atoms with E-state index in [1.54, 1.807) is 30.0 Å². The van der Waals surface area contributed by atoms with Gasteiger partial charge in [0.2, 0.25) is 0 Å². The Balaban J connectivity index is 2.49. The minimum absolute atomic E-state index is 0.260. The lowest BCUT2D eigenvalue weighted by Gasteiger charge is -1.99. The van der Waals surface area contributed by atoms with E-state index in [0.29, 0.717) is 5.52 Å². The largest absolute Gasteiger partial charge is 0.478 e. The van der Waals surface area contributed by atoms with Crippen molar-refractivity contribution in [2.45, 2.75) is 5.16 Å². The number of hydrogen-bond donors (Lipinski definition) is 1. The van der Waals surface area contributed by atoms with Crippen molar-refractivity contribution in [3.63, 3.8) is 0 Å². The molecule has 0 radical (unpaired) electrons. The molecule has 0 aliphatic carbocycles. The predicted octanol–water partition coefficient (Wildman–Crippen LogP) is 2.55. The van der Waals surface area contributed by atoms with E-state index in [4.69, 9.17) is 5.11 Å². The first-order valence-corrected chi connectivity index (χ1v) is 6.05. The molecule has 0 saturated carbocycles. The van der Waals surface area contributed by atoms with Gasteiger partial charge in [-0.25, -0.2) is 9.78 Å². The fourth-order valence-corrected chi connectivity index (χ4v) is 2.30. The van der Waals surface area contributed by atoms with Crippen molar-refractivity contribution in [1.82, 2.24) is 9.55 Å². The van der Waals surface area contributed by atoms with Crippen LogP contribution in [-0.2, 0) is 7.05 Å². The molecule has 4 nitrogen and oxygen atoms in total. The topological polar surface area (TPSA) is 55.1 Å². The van der Waals surface area contributed by atoms with Crippen LogP contribution in [0.2, 0.25) is 0 Å². The van der Waals surface area contributed by atoms with Gasteiger partial charge in [-0.3, -0.25) is 0 Å². The summed E-state index contributed by atoms with van der Waals surface area (Å²) in [6, 6.07) is 4.97. The molecule has 1 N–H and O–H groups in total. The number of carboxylic acid groups (broad SMARTS) is 1. The second kappa shape index (κ2) is 4.63. The highest BCUT2D eigenvalue weighted by Gasteiger charge is 2.10. The summed E-state index contributed by atoms with van der Waals surface area (Å²) >= 11 is 1.57. The highest BCUT2D eigenvalue weighted by molar-refractivity contribution is 7.99. The number of fused-ring (bicyclic) bond motifs is 1. The molecule has 0 amide bonds. The van der Waals surface area contributed by atoms with Crippen LogP contribution in [0.4, 0.5) is 0 Å². The molecule has 17 heavy (non-hydrogen) atoms. The first-order valence-electron chi connectivity index (χ1n) is 5.07. The molecule has 0 aliphatic heterocycles. The zero-order chi connectivity index (χ0) is 12.4. The number of aryl methyl sites for hydroxylation is 1. The summed E-state index contributed by atoms with van der Waals surface area (Å²) in [5.74, 6) is -0.152. The summed E-state index contributed by atoms with van der Waals surface area (Å²) in [5.41, 5.74) is 1.90. The minimum Gasteiger partial charge on any atom is -0.478 e. The van der Waals surface area contributed by atoms with Gasteiger partial charge < -0.3 is 9.67 Å². The van der Waals surface area contributed by atoms with Crippen molar-refractivity contribution in [1.29, 1.82) is 0 Å². The van der Waals surface area contributed by atoms with Gasteiger partial charge in [-0.05, 0) is 18.2 Å². The van der Waals surface area contributed by atoms with Crippen molar-refractivity contribution in [3.8, 4) is 0 Å². The Morgan fingerprint density at radius 1 is 1.65 bits per heavy atom. The van der Waals surface area contributed by atoms with Gasteiger partial charge in [0.05, 0.1) is 16.6 Å². The van der Waals surface area contributed by atoms with Crippen molar-refractivity contribution in [2.24, 2.45) is 7.05 Å². The smallest absolute Gasteiger partial charge is 0.335 e. The average Bonchev–Trinajstić information content (AvgIpc) is 2.63. The molecule has 2 aromatic rings. The van der Waals surface area contributed by atoms with Gasteiger partial charge in [0.25, 0.3) is 0 Å². The Kier molecular flexibility index (Phi) is 3.19. The van der Waals surface area contributed by atoms with Gasteiger partial charge in [-0.2, -0.15) is 0 Å². The van der Waals surface area contributed by atoms with E-state index in [0.717, 1.165) is 16.4 Å². The molecule has 1 heterocycles. The number of carbonyl (C=O) groups is 1. The van der Waals surface area contributed by atoms with Crippen LogP contribution in [0.15, 0.2) is 36.0 Å². The molecular weight excluding hydrogens is 236 g/mol. The van der Waals surface area contributed by atoms with Crippen molar-refractivity contribution in [2.75, 3.05) is 5.75 Å². The third-order valence-corrected chi connectivity index (χ3v) is 3.44. The highest BCUT2D eigenvalue weighted by Crippen LogP contribution is 2.23.